The second-order valence-electron chi connectivity index (χ2n) is 3.65. The van der Waals surface area contributed by atoms with Gasteiger partial charge < -0.3 is 4.52 Å². The third-order valence-electron chi connectivity index (χ3n) is 2.18. The summed E-state index contributed by atoms with van der Waals surface area (Å²) in [5.74, 6) is -0.937. The summed E-state index contributed by atoms with van der Waals surface area (Å²) >= 11 is 0. The fourth-order valence-corrected chi connectivity index (χ4v) is 1.46. The first kappa shape index (κ1) is 13.1. The molecule has 2 aromatic rings. The molecule has 1 heterocycles. The molecule has 0 bridgehead atoms. The number of halogens is 3. The second kappa shape index (κ2) is 4.71. The zero-order chi connectivity index (χ0) is 14.0. The molecule has 0 aliphatic rings. The van der Waals surface area contributed by atoms with Gasteiger partial charge in [-0.2, -0.15) is 18.2 Å². The normalized spacial score (nSPS) is 11.4. The van der Waals surface area contributed by atoms with Crippen LogP contribution in [0.2, 0.25) is 0 Å². The topological polar surface area (TPSA) is 68.0 Å². The molecule has 0 radical (unpaired) electrons. The van der Waals surface area contributed by atoms with Crippen molar-refractivity contribution in [2.24, 2.45) is 0 Å². The van der Waals surface area contributed by atoms with Gasteiger partial charge in [0.05, 0.1) is 11.1 Å². The molecule has 19 heavy (non-hydrogen) atoms. The summed E-state index contributed by atoms with van der Waals surface area (Å²) in [5, 5.41) is 5.59. The Hall–Kier alpha value is -2.38. The summed E-state index contributed by atoms with van der Waals surface area (Å²) < 4.78 is 43.1. The summed E-state index contributed by atoms with van der Waals surface area (Å²) in [5.41, 5.74) is -1.12. The van der Waals surface area contributed by atoms with Gasteiger partial charge in [-0.25, -0.2) is 0 Å². The molecule has 2 rings (SSSR count). The molecule has 1 amide bonds. The number of aromatic nitrogens is 2. The van der Waals surface area contributed by atoms with E-state index in [1.54, 1.807) is 0 Å². The third-order valence-corrected chi connectivity index (χ3v) is 2.18. The van der Waals surface area contributed by atoms with Gasteiger partial charge in [-0.3, -0.25) is 10.1 Å². The van der Waals surface area contributed by atoms with Crippen molar-refractivity contribution in [3.63, 3.8) is 0 Å². The van der Waals surface area contributed by atoms with Crippen LogP contribution in [0.4, 0.5) is 19.1 Å². The molecule has 0 fully saturated rings. The van der Waals surface area contributed by atoms with Crippen molar-refractivity contribution in [3.05, 3.63) is 29.8 Å². The lowest BCUT2D eigenvalue weighted by atomic mass is 10.1. The lowest BCUT2D eigenvalue weighted by Gasteiger charge is -2.09. The Labute approximate surface area is 105 Å². The molecule has 1 aromatic carbocycles. The van der Waals surface area contributed by atoms with Crippen LogP contribution >= 0.6 is 0 Å². The number of nitrogens with one attached hydrogen (secondary N) is 1. The predicted molar refractivity (Wildman–Crippen MR) is 59.0 cm³/mol. The number of benzene rings is 1. The van der Waals surface area contributed by atoms with E-state index in [0.29, 0.717) is 0 Å². The van der Waals surface area contributed by atoms with Crippen LogP contribution in [0.1, 0.15) is 12.5 Å². The van der Waals surface area contributed by atoms with E-state index in [-0.39, 0.29) is 17.4 Å². The van der Waals surface area contributed by atoms with Gasteiger partial charge in [-0.1, -0.05) is 12.1 Å². The van der Waals surface area contributed by atoms with Crippen molar-refractivity contribution in [2.75, 3.05) is 5.32 Å². The molecule has 100 valence electrons. The van der Waals surface area contributed by atoms with Crippen LogP contribution in [0.5, 0.6) is 0 Å². The molecule has 8 heteroatoms. The van der Waals surface area contributed by atoms with Gasteiger partial charge >= 0.3 is 6.18 Å². The number of carbonyl (C=O) groups is 1. The minimum absolute atomic E-state index is 0.181. The van der Waals surface area contributed by atoms with E-state index in [4.69, 9.17) is 4.52 Å². The first-order valence-corrected chi connectivity index (χ1v) is 5.16. The van der Waals surface area contributed by atoms with E-state index < -0.39 is 17.6 Å². The molecule has 5 nitrogen and oxygen atoms in total. The zero-order valence-corrected chi connectivity index (χ0v) is 9.65. The Morgan fingerprint density at radius 3 is 2.63 bits per heavy atom. The largest absolute Gasteiger partial charge is 0.417 e. The van der Waals surface area contributed by atoms with E-state index in [0.717, 1.165) is 6.07 Å². The number of hydrogen-bond donors (Lipinski definition) is 1. The van der Waals surface area contributed by atoms with Crippen LogP contribution in [-0.2, 0) is 11.0 Å². The summed E-state index contributed by atoms with van der Waals surface area (Å²) in [4.78, 5) is 14.5. The molecule has 0 aliphatic carbocycles. The zero-order valence-electron chi connectivity index (χ0n) is 9.65. The fourth-order valence-electron chi connectivity index (χ4n) is 1.46. The number of amides is 1. The van der Waals surface area contributed by atoms with Gasteiger partial charge in [0.2, 0.25) is 5.91 Å². The number of nitrogens with zero attached hydrogens (tertiary/aromatic N) is 2. The Morgan fingerprint density at radius 2 is 2.00 bits per heavy atom. The van der Waals surface area contributed by atoms with Gasteiger partial charge in [0, 0.05) is 6.92 Å². The third kappa shape index (κ3) is 2.90. The molecule has 0 aliphatic heterocycles. The summed E-state index contributed by atoms with van der Waals surface area (Å²) in [6.07, 6.45) is -4.53. The Morgan fingerprint density at radius 1 is 1.32 bits per heavy atom. The highest BCUT2D eigenvalue weighted by Gasteiger charge is 2.34. The van der Waals surface area contributed by atoms with Crippen LogP contribution < -0.4 is 5.32 Å². The van der Waals surface area contributed by atoms with Crippen molar-refractivity contribution >= 4 is 11.9 Å². The van der Waals surface area contributed by atoms with Gasteiger partial charge in [0.1, 0.15) is 0 Å². The van der Waals surface area contributed by atoms with E-state index in [1.165, 1.54) is 25.1 Å². The quantitative estimate of drug-likeness (QED) is 0.911. The minimum atomic E-state index is -4.53. The van der Waals surface area contributed by atoms with E-state index in [2.05, 4.69) is 15.5 Å². The molecular formula is C11H8F3N3O2. The van der Waals surface area contributed by atoms with Gasteiger partial charge in [0.25, 0.3) is 11.8 Å². The van der Waals surface area contributed by atoms with Crippen LogP contribution in [0.25, 0.3) is 11.5 Å². The van der Waals surface area contributed by atoms with E-state index in [9.17, 15) is 18.0 Å². The molecule has 0 saturated heterocycles. The molecular weight excluding hydrogens is 263 g/mol. The number of carbonyl (C=O) groups excluding carboxylic acids is 1. The number of hydrogen-bond acceptors (Lipinski definition) is 4. The van der Waals surface area contributed by atoms with Crippen molar-refractivity contribution in [1.29, 1.82) is 0 Å². The lowest BCUT2D eigenvalue weighted by Crippen LogP contribution is -2.08. The smallest absolute Gasteiger partial charge is 0.332 e. The Bertz CT molecular complexity index is 607. The molecule has 1 aromatic heterocycles. The van der Waals surface area contributed by atoms with Crippen molar-refractivity contribution in [1.82, 2.24) is 10.1 Å². The standard InChI is InChI=1S/C11H8F3N3O2/c1-6(18)15-10-16-9(19-17-10)7-4-2-3-5-8(7)11(12,13)14/h2-5H,1H3,(H,15,17,18). The summed E-state index contributed by atoms with van der Waals surface area (Å²) in [7, 11) is 0. The van der Waals surface area contributed by atoms with Crippen LogP contribution in [0.15, 0.2) is 28.8 Å². The van der Waals surface area contributed by atoms with Crippen LogP contribution in [0.3, 0.4) is 0 Å². The number of rotatable bonds is 2. The highest BCUT2D eigenvalue weighted by atomic mass is 19.4. The minimum Gasteiger partial charge on any atom is -0.332 e. The predicted octanol–water partition coefficient (Wildman–Crippen LogP) is 2.71. The molecule has 1 N–H and O–H groups in total. The second-order valence-corrected chi connectivity index (χ2v) is 3.65. The van der Waals surface area contributed by atoms with Crippen molar-refractivity contribution in [2.45, 2.75) is 13.1 Å². The fraction of sp³-hybridized carbons (Fsp3) is 0.182. The average molecular weight is 271 g/mol. The van der Waals surface area contributed by atoms with Gasteiger partial charge in [0.15, 0.2) is 0 Å². The average Bonchev–Trinajstić information content (AvgIpc) is 2.75. The number of alkyl halides is 3. The van der Waals surface area contributed by atoms with E-state index >= 15 is 0 Å². The first-order chi connectivity index (χ1) is 8.88. The van der Waals surface area contributed by atoms with Gasteiger partial charge in [-0.05, 0) is 17.3 Å². The highest BCUT2D eigenvalue weighted by Crippen LogP contribution is 2.36. The van der Waals surface area contributed by atoms with Crippen molar-refractivity contribution < 1.29 is 22.5 Å². The number of anilines is 1. The van der Waals surface area contributed by atoms with Crippen LogP contribution in [-0.4, -0.2) is 16.0 Å². The maximum Gasteiger partial charge on any atom is 0.417 e. The monoisotopic (exact) mass is 271 g/mol. The maximum absolute atomic E-state index is 12.8. The first-order valence-electron chi connectivity index (χ1n) is 5.16. The SMILES string of the molecule is CC(=O)Nc1noc(-c2ccccc2C(F)(F)F)n1. The molecule has 0 atom stereocenters. The lowest BCUT2D eigenvalue weighted by molar-refractivity contribution is -0.137. The van der Waals surface area contributed by atoms with E-state index in [1.807, 2.05) is 0 Å². The molecule has 0 unspecified atom stereocenters. The molecule has 0 saturated carbocycles. The molecule has 0 spiro atoms. The van der Waals surface area contributed by atoms with Gasteiger partial charge in [-0.15, -0.1) is 0 Å². The Balaban J connectivity index is 2.42. The van der Waals surface area contributed by atoms with Crippen molar-refractivity contribution in [3.8, 4) is 11.5 Å². The summed E-state index contributed by atoms with van der Waals surface area (Å²) in [6.45, 7) is 1.22. The Kier molecular flexibility index (Phi) is 3.24. The highest BCUT2D eigenvalue weighted by molar-refractivity contribution is 5.86. The van der Waals surface area contributed by atoms with Crippen LogP contribution in [0, 0.1) is 0 Å². The maximum atomic E-state index is 12.8. The summed E-state index contributed by atoms with van der Waals surface area (Å²) in [6, 6.07) is 4.82.